The van der Waals surface area contributed by atoms with Crippen LogP contribution in [0.2, 0.25) is 5.02 Å². The molecule has 0 bridgehead atoms. The van der Waals surface area contributed by atoms with Crippen LogP contribution in [0.3, 0.4) is 0 Å². The van der Waals surface area contributed by atoms with Gasteiger partial charge >= 0.3 is 0 Å². The second-order valence-corrected chi connectivity index (χ2v) is 9.61. The Bertz CT molecular complexity index is 799. The van der Waals surface area contributed by atoms with E-state index in [2.05, 4.69) is 20.9 Å². The first-order valence-corrected chi connectivity index (χ1v) is 11.9. The highest BCUT2D eigenvalue weighted by atomic mass is 35.5. The number of hydrogen-bond donors (Lipinski definition) is 3. The lowest BCUT2D eigenvalue weighted by molar-refractivity contribution is -0.121. The third-order valence-electron chi connectivity index (χ3n) is 4.24. The number of halogens is 1. The number of hydrogen-bond acceptors (Lipinski definition) is 5. The fraction of sp³-hybridized carbons (Fsp3) is 0.579. The number of sulfone groups is 1. The third-order valence-corrected chi connectivity index (χ3v) is 6.26. The second kappa shape index (κ2) is 11.3. The van der Waals surface area contributed by atoms with Crippen LogP contribution in [-0.2, 0) is 14.6 Å². The highest BCUT2D eigenvalue weighted by Crippen LogP contribution is 2.16. The van der Waals surface area contributed by atoms with E-state index in [0.717, 1.165) is 5.75 Å². The molecular formula is C19H29ClN4O4S. The Morgan fingerprint density at radius 2 is 2.03 bits per heavy atom. The summed E-state index contributed by atoms with van der Waals surface area (Å²) in [5.74, 6) is 1.32. The summed E-state index contributed by atoms with van der Waals surface area (Å²) in [6, 6.07) is 6.87. The zero-order valence-corrected chi connectivity index (χ0v) is 18.4. The average Bonchev–Trinajstić information content (AvgIpc) is 3.00. The summed E-state index contributed by atoms with van der Waals surface area (Å²) in [6.45, 7) is 5.39. The lowest BCUT2D eigenvalue weighted by Gasteiger charge is -2.15. The monoisotopic (exact) mass is 444 g/mol. The third kappa shape index (κ3) is 8.91. The smallest absolute Gasteiger partial charge is 0.222 e. The molecule has 1 aromatic carbocycles. The number of amides is 1. The van der Waals surface area contributed by atoms with Crippen LogP contribution >= 0.6 is 11.6 Å². The molecule has 3 N–H and O–H groups in total. The van der Waals surface area contributed by atoms with Crippen LogP contribution in [0.4, 0.5) is 0 Å². The molecule has 1 aromatic rings. The summed E-state index contributed by atoms with van der Waals surface area (Å²) in [6.07, 6.45) is 0.578. The van der Waals surface area contributed by atoms with Crippen LogP contribution in [0.5, 0.6) is 5.75 Å². The van der Waals surface area contributed by atoms with Crippen molar-refractivity contribution in [1.82, 2.24) is 16.0 Å². The lowest BCUT2D eigenvalue weighted by Crippen LogP contribution is -2.41. The molecule has 1 amide bonds. The summed E-state index contributed by atoms with van der Waals surface area (Å²) in [7, 11) is -3.00. The van der Waals surface area contributed by atoms with E-state index >= 15 is 0 Å². The minimum absolute atomic E-state index is 0.0295. The van der Waals surface area contributed by atoms with Crippen LogP contribution in [0.1, 0.15) is 26.7 Å². The molecule has 2 atom stereocenters. The van der Waals surface area contributed by atoms with Gasteiger partial charge < -0.3 is 20.7 Å². The number of aliphatic imine (C=N–C) groups is 1. The molecule has 0 saturated carbocycles. The van der Waals surface area contributed by atoms with E-state index in [-0.39, 0.29) is 36.0 Å². The van der Waals surface area contributed by atoms with E-state index in [4.69, 9.17) is 16.3 Å². The summed E-state index contributed by atoms with van der Waals surface area (Å²) in [4.78, 5) is 16.5. The molecule has 1 aliphatic rings. The predicted molar refractivity (Wildman–Crippen MR) is 115 cm³/mol. The largest absolute Gasteiger partial charge is 0.489 e. The molecule has 10 heteroatoms. The average molecular weight is 445 g/mol. The van der Waals surface area contributed by atoms with Crippen molar-refractivity contribution in [3.05, 3.63) is 29.3 Å². The molecule has 0 aromatic heterocycles. The molecule has 29 heavy (non-hydrogen) atoms. The highest BCUT2D eigenvalue weighted by Gasteiger charge is 2.28. The van der Waals surface area contributed by atoms with Gasteiger partial charge in [-0.3, -0.25) is 4.79 Å². The van der Waals surface area contributed by atoms with Gasteiger partial charge in [-0.1, -0.05) is 11.6 Å². The van der Waals surface area contributed by atoms with E-state index < -0.39 is 9.84 Å². The fourth-order valence-electron chi connectivity index (χ4n) is 2.85. The molecule has 1 aliphatic heterocycles. The minimum Gasteiger partial charge on any atom is -0.489 e. The summed E-state index contributed by atoms with van der Waals surface area (Å²) in [5, 5.41) is 9.65. The Labute approximate surface area is 177 Å². The van der Waals surface area contributed by atoms with Gasteiger partial charge in [-0.2, -0.15) is 0 Å². The Morgan fingerprint density at radius 3 is 2.66 bits per heavy atom. The Balaban J connectivity index is 1.73. The number of ether oxygens (including phenoxy) is 1. The number of rotatable bonds is 9. The van der Waals surface area contributed by atoms with E-state index in [1.54, 1.807) is 24.3 Å². The Morgan fingerprint density at radius 1 is 1.31 bits per heavy atom. The second-order valence-electron chi connectivity index (χ2n) is 6.95. The van der Waals surface area contributed by atoms with Gasteiger partial charge in [0.2, 0.25) is 5.91 Å². The number of guanidine groups is 1. The zero-order chi connectivity index (χ0) is 21.3. The molecule has 1 heterocycles. The number of carbonyl (C=O) groups excluding carboxylic acids is 1. The van der Waals surface area contributed by atoms with Crippen LogP contribution in [0.15, 0.2) is 29.3 Å². The molecule has 8 nitrogen and oxygen atoms in total. The first-order valence-electron chi connectivity index (χ1n) is 9.71. The quantitative estimate of drug-likeness (QED) is 0.392. The van der Waals surface area contributed by atoms with Crippen molar-refractivity contribution >= 4 is 33.3 Å². The zero-order valence-electron chi connectivity index (χ0n) is 16.8. The Hall–Kier alpha value is -2.00. The van der Waals surface area contributed by atoms with Crippen molar-refractivity contribution in [3.8, 4) is 5.75 Å². The first-order chi connectivity index (χ1) is 13.8. The van der Waals surface area contributed by atoms with E-state index in [0.29, 0.717) is 37.0 Å². The number of benzene rings is 1. The maximum atomic E-state index is 12.0. The van der Waals surface area contributed by atoms with Crippen LogP contribution in [0.25, 0.3) is 0 Å². The molecule has 0 spiro atoms. The van der Waals surface area contributed by atoms with Crippen LogP contribution in [-0.4, -0.2) is 63.6 Å². The van der Waals surface area contributed by atoms with Gasteiger partial charge in [-0.15, -0.1) is 0 Å². The predicted octanol–water partition coefficient (Wildman–Crippen LogP) is 1.36. The summed E-state index contributed by atoms with van der Waals surface area (Å²) >= 11 is 5.87. The van der Waals surface area contributed by atoms with E-state index in [1.165, 1.54) is 0 Å². The molecule has 1 saturated heterocycles. The summed E-state index contributed by atoms with van der Waals surface area (Å²) in [5.41, 5.74) is 0. The summed E-state index contributed by atoms with van der Waals surface area (Å²) < 4.78 is 28.7. The van der Waals surface area contributed by atoms with Crippen molar-refractivity contribution in [1.29, 1.82) is 0 Å². The lowest BCUT2D eigenvalue weighted by atomic mass is 10.2. The SMILES string of the molecule is CCNC(=NCC(C)Oc1ccc(Cl)cc1)NCCC(=O)NC1CCS(=O)(=O)C1. The van der Waals surface area contributed by atoms with Crippen molar-refractivity contribution in [2.75, 3.05) is 31.1 Å². The molecule has 162 valence electrons. The fourth-order valence-corrected chi connectivity index (χ4v) is 4.65. The molecule has 2 rings (SSSR count). The normalized spacial score (nSPS) is 19.4. The molecular weight excluding hydrogens is 416 g/mol. The van der Waals surface area contributed by atoms with Crippen molar-refractivity contribution in [2.45, 2.75) is 38.8 Å². The Kier molecular flexibility index (Phi) is 9.03. The maximum Gasteiger partial charge on any atom is 0.222 e. The van der Waals surface area contributed by atoms with Crippen LogP contribution in [0, 0.1) is 0 Å². The van der Waals surface area contributed by atoms with Gasteiger partial charge in [0, 0.05) is 30.6 Å². The van der Waals surface area contributed by atoms with Gasteiger partial charge in [0.05, 0.1) is 18.1 Å². The van der Waals surface area contributed by atoms with Crippen molar-refractivity contribution in [2.24, 2.45) is 4.99 Å². The van der Waals surface area contributed by atoms with Crippen molar-refractivity contribution in [3.63, 3.8) is 0 Å². The molecule has 1 fully saturated rings. The maximum absolute atomic E-state index is 12.0. The number of nitrogens with one attached hydrogen (secondary N) is 3. The molecule has 0 aliphatic carbocycles. The van der Waals surface area contributed by atoms with Gasteiger partial charge in [-0.25, -0.2) is 13.4 Å². The van der Waals surface area contributed by atoms with Crippen LogP contribution < -0.4 is 20.7 Å². The first kappa shape index (κ1) is 23.3. The van der Waals surface area contributed by atoms with Gasteiger partial charge in [0.25, 0.3) is 0 Å². The van der Waals surface area contributed by atoms with E-state index in [9.17, 15) is 13.2 Å². The van der Waals surface area contributed by atoms with E-state index in [1.807, 2.05) is 13.8 Å². The van der Waals surface area contributed by atoms with Crippen molar-refractivity contribution < 1.29 is 17.9 Å². The minimum atomic E-state index is -3.00. The standard InChI is InChI=1S/C19H29ClN4O4S/c1-3-21-19(23-12-14(2)28-17-6-4-15(20)5-7-17)22-10-8-18(25)24-16-9-11-29(26,27)13-16/h4-7,14,16H,3,8-13H2,1-2H3,(H,24,25)(H2,21,22,23). The molecule has 0 radical (unpaired) electrons. The van der Waals surface area contributed by atoms with Gasteiger partial charge in [0.1, 0.15) is 11.9 Å². The van der Waals surface area contributed by atoms with Gasteiger partial charge in [-0.05, 0) is 44.5 Å². The number of carbonyl (C=O) groups is 1. The highest BCUT2D eigenvalue weighted by molar-refractivity contribution is 7.91. The van der Waals surface area contributed by atoms with Gasteiger partial charge in [0.15, 0.2) is 15.8 Å². The number of nitrogens with zero attached hydrogens (tertiary/aromatic N) is 1. The topological polar surface area (TPSA) is 109 Å². The molecule has 2 unspecified atom stereocenters.